The molecule has 0 aliphatic rings. The smallest absolute Gasteiger partial charge is 0.232 e. The number of sulfonamides is 1. The fourth-order valence-corrected chi connectivity index (χ4v) is 3.38. The van der Waals surface area contributed by atoms with Crippen molar-refractivity contribution in [3.05, 3.63) is 36.8 Å². The van der Waals surface area contributed by atoms with E-state index < -0.39 is 10.0 Å². The van der Waals surface area contributed by atoms with Gasteiger partial charge in [-0.2, -0.15) is 0 Å². The molecule has 0 saturated carbocycles. The molecule has 1 N–H and O–H groups in total. The van der Waals surface area contributed by atoms with Crippen molar-refractivity contribution < 1.29 is 8.42 Å². The van der Waals surface area contributed by atoms with Crippen LogP contribution in [0.3, 0.4) is 0 Å². The molecule has 0 aliphatic heterocycles. The number of nitrogens with one attached hydrogen (secondary N) is 1. The molecule has 1 rings (SSSR count). The van der Waals surface area contributed by atoms with Gasteiger partial charge in [0.05, 0.1) is 5.75 Å². The van der Waals surface area contributed by atoms with E-state index in [9.17, 15) is 8.42 Å². The summed E-state index contributed by atoms with van der Waals surface area (Å²) < 4.78 is 26.4. The van der Waals surface area contributed by atoms with Crippen LogP contribution in [-0.2, 0) is 16.4 Å². The Kier molecular flexibility index (Phi) is 8.43. The lowest BCUT2D eigenvalue weighted by atomic mass is 10.1. The summed E-state index contributed by atoms with van der Waals surface area (Å²) in [6.45, 7) is 5.90. The van der Waals surface area contributed by atoms with Gasteiger partial charge >= 0.3 is 0 Å². The molecule has 1 aromatic carbocycles. The Morgan fingerprint density at radius 1 is 1.00 bits per heavy atom. The lowest BCUT2D eigenvalue weighted by Gasteiger charge is -2.08. The van der Waals surface area contributed by atoms with E-state index in [1.54, 1.807) is 0 Å². The van der Waals surface area contributed by atoms with Gasteiger partial charge in [0.1, 0.15) is 0 Å². The molecule has 0 spiro atoms. The summed E-state index contributed by atoms with van der Waals surface area (Å²) in [5.74, 6) is 0.202. The average molecular weight is 310 g/mol. The molecule has 1 aromatic rings. The maximum absolute atomic E-state index is 11.9. The lowest BCUT2D eigenvalue weighted by molar-refractivity contribution is 0.596. The van der Waals surface area contributed by atoms with E-state index in [1.165, 1.54) is 18.4 Å². The molecular formula is C17H28NO2S. The molecule has 0 aromatic heterocycles. The monoisotopic (exact) mass is 310 g/mol. The van der Waals surface area contributed by atoms with Gasteiger partial charge in [0.25, 0.3) is 0 Å². The topological polar surface area (TPSA) is 46.2 Å². The predicted molar refractivity (Wildman–Crippen MR) is 90.9 cm³/mol. The second-order valence-corrected chi connectivity index (χ2v) is 7.33. The summed E-state index contributed by atoms with van der Waals surface area (Å²) in [5.41, 5.74) is 1.92. The number of aryl methyl sites for hydroxylation is 1. The van der Waals surface area contributed by atoms with Gasteiger partial charge in [-0.1, -0.05) is 58.1 Å². The van der Waals surface area contributed by atoms with Crippen molar-refractivity contribution in [2.24, 2.45) is 0 Å². The molecule has 0 aliphatic carbocycles. The maximum atomic E-state index is 11.9. The zero-order valence-corrected chi connectivity index (χ0v) is 13.9. The van der Waals surface area contributed by atoms with Gasteiger partial charge in [-0.15, -0.1) is 0 Å². The lowest BCUT2D eigenvalue weighted by Crippen LogP contribution is -2.16. The minimum absolute atomic E-state index is 0.202. The third kappa shape index (κ3) is 8.10. The number of unbranched alkanes of at least 4 members (excludes halogenated alkanes) is 5. The van der Waals surface area contributed by atoms with E-state index in [0.717, 1.165) is 38.5 Å². The highest BCUT2D eigenvalue weighted by molar-refractivity contribution is 7.92. The van der Waals surface area contributed by atoms with Crippen molar-refractivity contribution in [3.63, 3.8) is 0 Å². The Morgan fingerprint density at radius 2 is 1.71 bits per heavy atom. The molecule has 0 unspecified atom stereocenters. The van der Waals surface area contributed by atoms with Gasteiger partial charge in [0, 0.05) is 5.69 Å². The Balaban J connectivity index is 2.43. The van der Waals surface area contributed by atoms with E-state index in [-0.39, 0.29) is 5.75 Å². The van der Waals surface area contributed by atoms with Gasteiger partial charge in [-0.05, 0) is 37.0 Å². The van der Waals surface area contributed by atoms with Crippen LogP contribution in [0.2, 0.25) is 0 Å². The first kappa shape index (κ1) is 18.0. The van der Waals surface area contributed by atoms with Crippen molar-refractivity contribution in [2.45, 2.75) is 58.3 Å². The highest BCUT2D eigenvalue weighted by Gasteiger charge is 2.09. The Labute approximate surface area is 130 Å². The van der Waals surface area contributed by atoms with Crippen LogP contribution in [0.25, 0.3) is 0 Å². The number of anilines is 1. The fourth-order valence-electron chi connectivity index (χ4n) is 2.19. The van der Waals surface area contributed by atoms with Gasteiger partial charge in [-0.3, -0.25) is 4.72 Å². The van der Waals surface area contributed by atoms with Crippen molar-refractivity contribution in [1.82, 2.24) is 0 Å². The van der Waals surface area contributed by atoms with Crippen LogP contribution in [0.15, 0.2) is 24.3 Å². The van der Waals surface area contributed by atoms with Gasteiger partial charge < -0.3 is 0 Å². The molecule has 119 valence electrons. The minimum atomic E-state index is -3.20. The van der Waals surface area contributed by atoms with E-state index in [0.29, 0.717) is 5.69 Å². The molecule has 4 heteroatoms. The first-order chi connectivity index (χ1) is 10.1. The molecule has 0 atom stereocenters. The van der Waals surface area contributed by atoms with Crippen LogP contribution >= 0.6 is 0 Å². The average Bonchev–Trinajstić information content (AvgIpc) is 2.45. The van der Waals surface area contributed by atoms with Crippen LogP contribution in [0.1, 0.15) is 57.4 Å². The van der Waals surface area contributed by atoms with E-state index in [4.69, 9.17) is 0 Å². The highest BCUT2D eigenvalue weighted by Crippen LogP contribution is 2.14. The molecule has 0 heterocycles. The summed E-state index contributed by atoms with van der Waals surface area (Å²) >= 11 is 0. The Bertz CT molecular complexity index is 480. The SMILES string of the molecule is [CH2]CCCCCc1ccc(NS(=O)(=O)CCCCC)cc1. The quantitative estimate of drug-likeness (QED) is 0.609. The Hall–Kier alpha value is -1.03. The van der Waals surface area contributed by atoms with Crippen molar-refractivity contribution >= 4 is 15.7 Å². The van der Waals surface area contributed by atoms with Crippen molar-refractivity contribution in [3.8, 4) is 0 Å². The largest absolute Gasteiger partial charge is 0.284 e. The van der Waals surface area contributed by atoms with Crippen LogP contribution < -0.4 is 4.72 Å². The first-order valence-electron chi connectivity index (χ1n) is 7.96. The van der Waals surface area contributed by atoms with Gasteiger partial charge in [-0.25, -0.2) is 8.42 Å². The standard InChI is InChI=1S/C17H28NO2S/c1-3-5-7-8-10-16-11-13-17(14-12-16)18-21(19,20)15-9-6-4-2/h11-14,18H,1,3-10,15H2,2H3. The molecule has 0 amide bonds. The molecule has 21 heavy (non-hydrogen) atoms. The summed E-state index contributed by atoms with van der Waals surface area (Å²) in [6, 6.07) is 7.73. The first-order valence-corrected chi connectivity index (χ1v) is 9.61. The van der Waals surface area contributed by atoms with Crippen LogP contribution in [-0.4, -0.2) is 14.2 Å². The number of hydrogen-bond donors (Lipinski definition) is 1. The zero-order valence-electron chi connectivity index (χ0n) is 13.1. The molecule has 0 fully saturated rings. The van der Waals surface area contributed by atoms with Crippen LogP contribution in [0.5, 0.6) is 0 Å². The summed E-state index contributed by atoms with van der Waals surface area (Å²) in [5, 5.41) is 0. The van der Waals surface area contributed by atoms with Crippen LogP contribution in [0, 0.1) is 6.92 Å². The van der Waals surface area contributed by atoms with E-state index >= 15 is 0 Å². The van der Waals surface area contributed by atoms with Gasteiger partial charge in [0.15, 0.2) is 0 Å². The van der Waals surface area contributed by atoms with Crippen molar-refractivity contribution in [2.75, 3.05) is 10.5 Å². The molecule has 0 bridgehead atoms. The maximum Gasteiger partial charge on any atom is 0.232 e. The van der Waals surface area contributed by atoms with Gasteiger partial charge in [0.2, 0.25) is 10.0 Å². The number of rotatable bonds is 11. The van der Waals surface area contributed by atoms with E-state index in [1.807, 2.05) is 24.3 Å². The molecular weight excluding hydrogens is 282 g/mol. The molecule has 0 saturated heterocycles. The third-order valence-electron chi connectivity index (χ3n) is 3.46. The third-order valence-corrected chi connectivity index (χ3v) is 4.83. The molecule has 1 radical (unpaired) electrons. The second kappa shape index (κ2) is 9.82. The minimum Gasteiger partial charge on any atom is -0.284 e. The fraction of sp³-hybridized carbons (Fsp3) is 0.588. The highest BCUT2D eigenvalue weighted by atomic mass is 32.2. The van der Waals surface area contributed by atoms with Crippen LogP contribution in [0.4, 0.5) is 5.69 Å². The summed E-state index contributed by atoms with van der Waals surface area (Å²) in [4.78, 5) is 0. The summed E-state index contributed by atoms with van der Waals surface area (Å²) in [7, 11) is -3.20. The second-order valence-electron chi connectivity index (χ2n) is 5.49. The van der Waals surface area contributed by atoms with E-state index in [2.05, 4.69) is 18.6 Å². The zero-order chi connectivity index (χ0) is 15.6. The van der Waals surface area contributed by atoms with Crippen molar-refractivity contribution in [1.29, 1.82) is 0 Å². The summed E-state index contributed by atoms with van der Waals surface area (Å²) in [6.07, 6.45) is 8.28. The molecule has 3 nitrogen and oxygen atoms in total. The number of benzene rings is 1. The normalized spacial score (nSPS) is 11.5. The predicted octanol–water partition coefficient (Wildman–Crippen LogP) is 4.56. The number of hydrogen-bond acceptors (Lipinski definition) is 2. The Morgan fingerprint density at radius 3 is 2.33 bits per heavy atom.